The second kappa shape index (κ2) is 7.05. The van der Waals surface area contributed by atoms with Crippen LogP contribution in [0.25, 0.3) is 0 Å². The summed E-state index contributed by atoms with van der Waals surface area (Å²) in [5, 5.41) is 3.25. The van der Waals surface area contributed by atoms with Crippen molar-refractivity contribution in [2.75, 3.05) is 19.6 Å². The van der Waals surface area contributed by atoms with Gasteiger partial charge in [-0.2, -0.15) is 0 Å². The van der Waals surface area contributed by atoms with E-state index in [-0.39, 0.29) is 22.7 Å². The molecule has 0 saturated carbocycles. The average molecular weight is 337 g/mol. The minimum Gasteiger partial charge on any atom is -0.317 e. The molecular weight excluding hydrogens is 315 g/mol. The smallest absolute Gasteiger partial charge is 0.243 e. The predicted molar refractivity (Wildman–Crippen MR) is 83.8 cm³/mol. The molecule has 1 aliphatic rings. The first-order valence-corrected chi connectivity index (χ1v) is 8.28. The van der Waals surface area contributed by atoms with Gasteiger partial charge in [-0.1, -0.05) is 19.1 Å². The quantitative estimate of drug-likeness (QED) is 0.886. The molecule has 1 fully saturated rings. The zero-order valence-corrected chi connectivity index (χ0v) is 13.9. The summed E-state index contributed by atoms with van der Waals surface area (Å²) in [5.41, 5.74) is 0.263. The van der Waals surface area contributed by atoms with Crippen LogP contribution < -0.4 is 10.0 Å². The van der Waals surface area contributed by atoms with Crippen LogP contribution in [0.2, 0.25) is 0 Å². The van der Waals surface area contributed by atoms with Crippen molar-refractivity contribution in [3.8, 4) is 0 Å². The van der Waals surface area contributed by atoms with Crippen molar-refractivity contribution in [1.82, 2.24) is 10.0 Å². The summed E-state index contributed by atoms with van der Waals surface area (Å²) in [5.74, 6) is -0.671. The van der Waals surface area contributed by atoms with Gasteiger partial charge in [-0.15, -0.1) is 12.4 Å². The number of hydrogen-bond donors (Lipinski definition) is 2. The summed E-state index contributed by atoms with van der Waals surface area (Å²) in [6, 6.07) is 4.41. The fourth-order valence-corrected chi connectivity index (χ4v) is 3.73. The van der Waals surface area contributed by atoms with Crippen LogP contribution in [-0.2, 0) is 10.0 Å². The van der Waals surface area contributed by atoms with Crippen LogP contribution in [0, 0.1) is 18.2 Å². The fourth-order valence-electron chi connectivity index (χ4n) is 2.38. The van der Waals surface area contributed by atoms with Crippen LogP contribution in [0.4, 0.5) is 4.39 Å². The van der Waals surface area contributed by atoms with E-state index >= 15 is 0 Å². The molecule has 7 heteroatoms. The van der Waals surface area contributed by atoms with E-state index in [1.165, 1.54) is 6.07 Å². The molecule has 0 radical (unpaired) electrons. The third kappa shape index (κ3) is 4.39. The number of nitrogens with one attached hydrogen (secondary N) is 2. The lowest BCUT2D eigenvalue weighted by Crippen LogP contribution is -2.43. The van der Waals surface area contributed by atoms with Crippen molar-refractivity contribution in [3.63, 3.8) is 0 Å². The molecule has 0 unspecified atom stereocenters. The van der Waals surface area contributed by atoms with Crippen LogP contribution in [0.5, 0.6) is 0 Å². The minimum absolute atomic E-state index is 0. The summed E-state index contributed by atoms with van der Waals surface area (Å²) in [6.45, 7) is 5.73. The van der Waals surface area contributed by atoms with Crippen molar-refractivity contribution in [2.45, 2.75) is 31.6 Å². The van der Waals surface area contributed by atoms with E-state index in [0.29, 0.717) is 12.1 Å². The van der Waals surface area contributed by atoms with Crippen LogP contribution in [0.3, 0.4) is 0 Å². The first-order valence-electron chi connectivity index (χ1n) is 6.80. The Morgan fingerprint density at radius 3 is 2.57 bits per heavy atom. The molecule has 4 nitrogen and oxygen atoms in total. The number of piperidine rings is 1. The Bertz CT molecular complexity index is 587. The van der Waals surface area contributed by atoms with Crippen LogP contribution >= 0.6 is 12.4 Å². The number of sulfonamides is 1. The van der Waals surface area contributed by atoms with Gasteiger partial charge in [0.05, 0.1) is 0 Å². The maximum absolute atomic E-state index is 13.9. The van der Waals surface area contributed by atoms with E-state index in [1.54, 1.807) is 19.1 Å². The highest BCUT2D eigenvalue weighted by Crippen LogP contribution is 2.27. The molecule has 2 N–H and O–H groups in total. The minimum atomic E-state index is -3.80. The Hall–Kier alpha value is -0.690. The van der Waals surface area contributed by atoms with Gasteiger partial charge in [-0.05, 0) is 49.9 Å². The van der Waals surface area contributed by atoms with Crippen molar-refractivity contribution < 1.29 is 12.8 Å². The molecule has 120 valence electrons. The first-order chi connectivity index (χ1) is 9.34. The molecule has 0 aromatic heterocycles. The lowest BCUT2D eigenvalue weighted by atomic mass is 9.81. The summed E-state index contributed by atoms with van der Waals surface area (Å²) in [6.07, 6.45) is 1.82. The van der Waals surface area contributed by atoms with Gasteiger partial charge < -0.3 is 5.32 Å². The summed E-state index contributed by atoms with van der Waals surface area (Å²) in [4.78, 5) is -0.268. The standard InChI is InChI=1S/C14H21FN2O2S.ClH/c1-11-4-3-5-12(13(11)15)20(18,19)17-10-14(2)6-8-16-9-7-14;/h3-5,16-17H,6-10H2,1-2H3;1H. The van der Waals surface area contributed by atoms with E-state index in [2.05, 4.69) is 17.0 Å². The van der Waals surface area contributed by atoms with E-state index in [9.17, 15) is 12.8 Å². The van der Waals surface area contributed by atoms with Gasteiger partial charge in [0.15, 0.2) is 0 Å². The summed E-state index contributed by atoms with van der Waals surface area (Å²) < 4.78 is 40.9. The van der Waals surface area contributed by atoms with Crippen LogP contribution in [-0.4, -0.2) is 28.1 Å². The maximum Gasteiger partial charge on any atom is 0.243 e. The highest BCUT2D eigenvalue weighted by atomic mass is 35.5. The number of aryl methyl sites for hydroxylation is 1. The normalized spacial score (nSPS) is 18.0. The Balaban J connectivity index is 0.00000220. The molecule has 0 aliphatic carbocycles. The third-order valence-electron chi connectivity index (χ3n) is 3.95. The molecule has 0 atom stereocenters. The number of hydrogen-bond acceptors (Lipinski definition) is 3. The van der Waals surface area contributed by atoms with E-state index < -0.39 is 15.8 Å². The first kappa shape index (κ1) is 18.4. The average Bonchev–Trinajstić information content (AvgIpc) is 2.41. The zero-order valence-electron chi connectivity index (χ0n) is 12.3. The van der Waals surface area contributed by atoms with Crippen molar-refractivity contribution in [2.24, 2.45) is 5.41 Å². The maximum atomic E-state index is 13.9. The van der Waals surface area contributed by atoms with E-state index in [4.69, 9.17) is 0 Å². The Kier molecular flexibility index (Phi) is 6.16. The largest absolute Gasteiger partial charge is 0.317 e. The molecule has 1 aromatic rings. The molecular formula is C14H22ClFN2O2S. The second-order valence-corrected chi connectivity index (χ2v) is 7.51. The van der Waals surface area contributed by atoms with E-state index in [0.717, 1.165) is 25.9 Å². The van der Waals surface area contributed by atoms with Gasteiger partial charge in [0.1, 0.15) is 10.7 Å². The Labute approximate surface area is 132 Å². The Morgan fingerprint density at radius 1 is 1.33 bits per heavy atom. The Morgan fingerprint density at radius 2 is 1.95 bits per heavy atom. The number of benzene rings is 1. The van der Waals surface area contributed by atoms with Crippen LogP contribution in [0.15, 0.2) is 23.1 Å². The highest BCUT2D eigenvalue weighted by molar-refractivity contribution is 7.89. The monoisotopic (exact) mass is 336 g/mol. The molecule has 1 aromatic carbocycles. The van der Waals surface area contributed by atoms with Gasteiger partial charge in [-0.25, -0.2) is 17.5 Å². The molecule has 0 bridgehead atoms. The highest BCUT2D eigenvalue weighted by Gasteiger charge is 2.29. The van der Waals surface area contributed by atoms with Gasteiger partial charge in [0, 0.05) is 6.54 Å². The molecule has 1 aliphatic heterocycles. The topological polar surface area (TPSA) is 58.2 Å². The lowest BCUT2D eigenvalue weighted by Gasteiger charge is -2.34. The zero-order chi connectivity index (χ0) is 14.8. The third-order valence-corrected chi connectivity index (χ3v) is 5.36. The predicted octanol–water partition coefficient (Wildman–Crippen LogP) is 2.22. The van der Waals surface area contributed by atoms with Crippen molar-refractivity contribution >= 4 is 22.4 Å². The molecule has 0 spiro atoms. The lowest BCUT2D eigenvalue weighted by molar-refractivity contribution is 0.232. The van der Waals surface area contributed by atoms with Gasteiger partial charge >= 0.3 is 0 Å². The molecule has 2 rings (SSSR count). The number of rotatable bonds is 4. The summed E-state index contributed by atoms with van der Waals surface area (Å²) >= 11 is 0. The van der Waals surface area contributed by atoms with Crippen molar-refractivity contribution in [3.05, 3.63) is 29.6 Å². The fraction of sp³-hybridized carbons (Fsp3) is 0.571. The van der Waals surface area contributed by atoms with Gasteiger partial charge in [-0.3, -0.25) is 0 Å². The SMILES string of the molecule is Cc1cccc(S(=O)(=O)NCC2(C)CCNCC2)c1F.Cl. The van der Waals surface area contributed by atoms with Gasteiger partial charge in [0.25, 0.3) is 0 Å². The molecule has 1 heterocycles. The second-order valence-electron chi connectivity index (χ2n) is 5.77. The molecule has 1 saturated heterocycles. The van der Waals surface area contributed by atoms with Crippen LogP contribution in [0.1, 0.15) is 25.3 Å². The summed E-state index contributed by atoms with van der Waals surface area (Å²) in [7, 11) is -3.80. The van der Waals surface area contributed by atoms with E-state index in [1.807, 2.05) is 0 Å². The van der Waals surface area contributed by atoms with Crippen molar-refractivity contribution in [1.29, 1.82) is 0 Å². The van der Waals surface area contributed by atoms with Gasteiger partial charge in [0.2, 0.25) is 10.0 Å². The number of halogens is 2. The molecule has 21 heavy (non-hydrogen) atoms. The molecule has 0 amide bonds.